The van der Waals surface area contributed by atoms with Gasteiger partial charge in [0.25, 0.3) is 21.6 Å². The standard InChI is InChI=1S/C47H45ClN6O7S2/c48-36-14-10-33(11-15-36)42-9-5-4-6-35(42)30-52-24-26-53(27-25-52)39-17-12-34(13-18-39)47(55)51-63(58,59)41-19-20-43(44(29-41)54(56)57)50-38(31-62-40-7-2-1-3-8-40)22-23-49-37-16-21-45-46(28-37)61-32-60-45/h1-21,28-29,38,49-50H,22-27,30-32H2,(H,51,55)/t38-/m1/s1. The number of thioether (sulfide) groups is 1. The van der Waals surface area contributed by atoms with Crippen LogP contribution in [-0.4, -0.2) is 75.5 Å². The Kier molecular flexibility index (Phi) is 13.7. The fourth-order valence-corrected chi connectivity index (χ4v) is 9.63. The first-order chi connectivity index (χ1) is 30.6. The summed E-state index contributed by atoms with van der Waals surface area (Å²) >= 11 is 7.72. The van der Waals surface area contributed by atoms with Crippen molar-refractivity contribution in [3.8, 4) is 22.6 Å². The number of rotatable bonds is 17. The Hall–Kier alpha value is -6.26. The number of carbonyl (C=O) groups excluding carboxylic acids is 1. The Balaban J connectivity index is 0.879. The average Bonchev–Trinajstić information content (AvgIpc) is 3.77. The number of nitrogens with zero attached hydrogens (tertiary/aromatic N) is 3. The van der Waals surface area contributed by atoms with E-state index in [-0.39, 0.29) is 24.1 Å². The molecular weight excluding hydrogens is 860 g/mol. The van der Waals surface area contributed by atoms with Gasteiger partial charge in [0, 0.05) is 90.1 Å². The molecular formula is C47H45ClN6O7S2. The van der Waals surface area contributed by atoms with E-state index in [1.54, 1.807) is 36.0 Å². The van der Waals surface area contributed by atoms with E-state index in [1.807, 2.05) is 78.9 Å². The lowest BCUT2D eigenvalue weighted by molar-refractivity contribution is -0.384. The number of fused-ring (bicyclic) bond motifs is 1. The average molecular weight is 905 g/mol. The molecule has 1 fully saturated rings. The van der Waals surface area contributed by atoms with Crippen LogP contribution in [0, 0.1) is 10.1 Å². The van der Waals surface area contributed by atoms with Crippen molar-refractivity contribution in [1.82, 2.24) is 9.62 Å². The Morgan fingerprint density at radius 2 is 1.56 bits per heavy atom. The highest BCUT2D eigenvalue weighted by atomic mass is 35.5. The van der Waals surface area contributed by atoms with E-state index < -0.39 is 31.4 Å². The first-order valence-corrected chi connectivity index (χ1v) is 23.3. The molecule has 2 aliphatic rings. The second kappa shape index (κ2) is 19.8. The molecule has 0 radical (unpaired) electrons. The summed E-state index contributed by atoms with van der Waals surface area (Å²) in [5.74, 6) is 1.05. The molecule has 2 heterocycles. The highest BCUT2D eigenvalue weighted by Gasteiger charge is 2.26. The molecule has 16 heteroatoms. The maximum absolute atomic E-state index is 13.5. The van der Waals surface area contributed by atoms with Gasteiger partial charge in [0.1, 0.15) is 5.69 Å². The number of anilines is 3. The van der Waals surface area contributed by atoms with Gasteiger partial charge in [-0.25, -0.2) is 13.1 Å². The van der Waals surface area contributed by atoms with Gasteiger partial charge in [0.15, 0.2) is 11.5 Å². The van der Waals surface area contributed by atoms with Crippen molar-refractivity contribution in [3.05, 3.63) is 166 Å². The van der Waals surface area contributed by atoms with Crippen LogP contribution in [0.25, 0.3) is 11.1 Å². The molecule has 1 saturated heterocycles. The van der Waals surface area contributed by atoms with Crippen molar-refractivity contribution in [2.75, 3.05) is 60.8 Å². The Labute approximate surface area is 375 Å². The molecule has 0 saturated carbocycles. The lowest BCUT2D eigenvalue weighted by Crippen LogP contribution is -2.46. The molecule has 0 aliphatic carbocycles. The second-order valence-electron chi connectivity index (χ2n) is 15.1. The van der Waals surface area contributed by atoms with Crippen LogP contribution in [0.5, 0.6) is 11.5 Å². The summed E-state index contributed by atoms with van der Waals surface area (Å²) in [6, 6.07) is 41.8. The molecule has 324 valence electrons. The van der Waals surface area contributed by atoms with Gasteiger partial charge < -0.3 is 25.0 Å². The molecule has 1 amide bonds. The van der Waals surface area contributed by atoms with Gasteiger partial charge in [-0.15, -0.1) is 11.8 Å². The molecule has 2 aliphatic heterocycles. The number of amides is 1. The van der Waals surface area contributed by atoms with Crippen LogP contribution in [-0.2, 0) is 16.6 Å². The Bertz CT molecular complexity index is 2670. The number of piperazine rings is 1. The van der Waals surface area contributed by atoms with Gasteiger partial charge in [-0.3, -0.25) is 19.8 Å². The molecule has 6 aromatic rings. The number of nitro groups is 1. The zero-order valence-corrected chi connectivity index (χ0v) is 36.5. The predicted octanol–water partition coefficient (Wildman–Crippen LogP) is 9.16. The smallest absolute Gasteiger partial charge is 0.293 e. The van der Waals surface area contributed by atoms with Crippen LogP contribution < -0.4 is 29.7 Å². The van der Waals surface area contributed by atoms with Gasteiger partial charge >= 0.3 is 0 Å². The van der Waals surface area contributed by atoms with Crippen LogP contribution >= 0.6 is 23.4 Å². The Morgan fingerprint density at radius 1 is 0.825 bits per heavy atom. The number of benzene rings is 6. The number of halogens is 1. The molecule has 0 aromatic heterocycles. The summed E-state index contributed by atoms with van der Waals surface area (Å²) in [5.41, 5.74) is 5.16. The van der Waals surface area contributed by atoms with E-state index in [1.165, 1.54) is 23.3 Å². The molecule has 0 unspecified atom stereocenters. The zero-order valence-electron chi connectivity index (χ0n) is 34.1. The second-order valence-corrected chi connectivity index (χ2v) is 18.3. The van der Waals surface area contributed by atoms with Crippen LogP contribution in [0.3, 0.4) is 0 Å². The molecule has 3 N–H and O–H groups in total. The first-order valence-electron chi connectivity index (χ1n) is 20.4. The SMILES string of the molecule is O=C(NS(=O)(=O)c1ccc(N[C@H](CCNc2ccc3c(c2)OCO3)CSc2ccccc2)c([N+](=O)[O-])c1)c1ccc(N2CCN(Cc3ccccc3-c3ccc(Cl)cc3)CC2)cc1. The minimum atomic E-state index is -4.48. The predicted molar refractivity (Wildman–Crippen MR) is 249 cm³/mol. The monoisotopic (exact) mass is 904 g/mol. The first kappa shape index (κ1) is 43.4. The zero-order chi connectivity index (χ0) is 43.8. The number of sulfonamides is 1. The number of hydrogen-bond acceptors (Lipinski definition) is 12. The molecule has 6 aromatic carbocycles. The summed E-state index contributed by atoms with van der Waals surface area (Å²) in [5, 5.41) is 19.7. The van der Waals surface area contributed by atoms with E-state index in [2.05, 4.69) is 43.4 Å². The molecule has 1 atom stereocenters. The van der Waals surface area contributed by atoms with Crippen molar-refractivity contribution >= 4 is 62.0 Å². The lowest BCUT2D eigenvalue weighted by atomic mass is 9.99. The van der Waals surface area contributed by atoms with E-state index >= 15 is 0 Å². The summed E-state index contributed by atoms with van der Waals surface area (Å²) < 4.78 is 40.0. The van der Waals surface area contributed by atoms with E-state index in [9.17, 15) is 23.3 Å². The number of ether oxygens (including phenoxy) is 2. The quantitative estimate of drug-likeness (QED) is 0.0454. The lowest BCUT2D eigenvalue weighted by Gasteiger charge is -2.36. The van der Waals surface area contributed by atoms with Crippen LogP contribution in [0.15, 0.2) is 149 Å². The van der Waals surface area contributed by atoms with Crippen LogP contribution in [0.4, 0.5) is 22.7 Å². The summed E-state index contributed by atoms with van der Waals surface area (Å²) in [6.07, 6.45) is 0.567. The number of carbonyl (C=O) groups is 1. The van der Waals surface area contributed by atoms with Gasteiger partial charge in [-0.1, -0.05) is 66.2 Å². The van der Waals surface area contributed by atoms with Crippen LogP contribution in [0.2, 0.25) is 5.02 Å². The highest BCUT2D eigenvalue weighted by molar-refractivity contribution is 7.99. The summed E-state index contributed by atoms with van der Waals surface area (Å²) in [6.45, 7) is 4.72. The molecule has 63 heavy (non-hydrogen) atoms. The molecule has 0 spiro atoms. The van der Waals surface area contributed by atoms with Gasteiger partial charge in [-0.2, -0.15) is 0 Å². The number of nitrogens with one attached hydrogen (secondary N) is 3. The fourth-order valence-electron chi connectivity index (χ4n) is 7.52. The van der Waals surface area contributed by atoms with Crippen molar-refractivity contribution in [2.24, 2.45) is 0 Å². The summed E-state index contributed by atoms with van der Waals surface area (Å²) in [4.78, 5) is 30.3. The van der Waals surface area contributed by atoms with Gasteiger partial charge in [-0.05, 0) is 95.9 Å². The van der Waals surface area contributed by atoms with Gasteiger partial charge in [0.2, 0.25) is 6.79 Å². The van der Waals surface area contributed by atoms with E-state index in [4.69, 9.17) is 21.1 Å². The van der Waals surface area contributed by atoms with Crippen LogP contribution in [0.1, 0.15) is 22.3 Å². The maximum Gasteiger partial charge on any atom is 0.293 e. The third-order valence-electron chi connectivity index (χ3n) is 10.9. The Morgan fingerprint density at radius 3 is 2.32 bits per heavy atom. The van der Waals surface area contributed by atoms with Crippen molar-refractivity contribution < 1.29 is 27.6 Å². The molecule has 8 rings (SSSR count). The van der Waals surface area contributed by atoms with E-state index in [0.29, 0.717) is 35.2 Å². The third kappa shape index (κ3) is 11.0. The molecule has 0 bridgehead atoms. The van der Waals surface area contributed by atoms with Gasteiger partial charge in [0.05, 0.1) is 9.82 Å². The van der Waals surface area contributed by atoms with Crippen molar-refractivity contribution in [1.29, 1.82) is 0 Å². The number of hydrogen-bond donors (Lipinski definition) is 3. The summed E-state index contributed by atoms with van der Waals surface area (Å²) in [7, 11) is -4.48. The third-order valence-corrected chi connectivity index (χ3v) is 13.6. The topological polar surface area (TPSA) is 155 Å². The van der Waals surface area contributed by atoms with Crippen molar-refractivity contribution in [2.45, 2.75) is 28.8 Å². The fraction of sp³-hybridized carbons (Fsp3) is 0.213. The minimum Gasteiger partial charge on any atom is -0.454 e. The molecule has 13 nitrogen and oxygen atoms in total. The maximum atomic E-state index is 13.5. The normalized spacial score (nSPS) is 14.2. The largest absolute Gasteiger partial charge is 0.454 e. The number of nitro benzene ring substituents is 1. The minimum absolute atomic E-state index is 0.140. The van der Waals surface area contributed by atoms with E-state index in [0.717, 1.165) is 60.6 Å². The highest BCUT2D eigenvalue weighted by Crippen LogP contribution is 2.35. The van der Waals surface area contributed by atoms with Crippen molar-refractivity contribution in [3.63, 3.8) is 0 Å².